The Bertz CT molecular complexity index is 1250. The molecule has 0 unspecified atom stereocenters. The number of methoxy groups -OCH3 is 2. The van der Waals surface area contributed by atoms with Gasteiger partial charge in [0.2, 0.25) is 15.9 Å². The fraction of sp³-hybridized carbons (Fsp3) is 0.208. The Morgan fingerprint density at radius 2 is 1.68 bits per heavy atom. The fourth-order valence-corrected chi connectivity index (χ4v) is 5.04. The van der Waals surface area contributed by atoms with Crippen molar-refractivity contribution < 1.29 is 22.7 Å². The molecule has 34 heavy (non-hydrogen) atoms. The lowest BCUT2D eigenvalue weighted by molar-refractivity contribution is -0.121. The van der Waals surface area contributed by atoms with Gasteiger partial charge in [0.05, 0.1) is 25.7 Å². The van der Waals surface area contributed by atoms with Gasteiger partial charge in [0, 0.05) is 22.6 Å². The Morgan fingerprint density at radius 1 is 1.00 bits per heavy atom. The van der Waals surface area contributed by atoms with E-state index < -0.39 is 15.9 Å². The second kappa shape index (κ2) is 11.7. The summed E-state index contributed by atoms with van der Waals surface area (Å²) in [7, 11) is -0.906. The fourth-order valence-electron chi connectivity index (χ4n) is 3.21. The smallest absolute Gasteiger partial charge is 0.243 e. The van der Waals surface area contributed by atoms with Crippen LogP contribution in [0, 0.1) is 0 Å². The number of hydrogen-bond donors (Lipinski definition) is 1. The molecule has 0 fully saturated rings. The van der Waals surface area contributed by atoms with Gasteiger partial charge in [-0.05, 0) is 53.6 Å². The molecular weight excluding hydrogens is 544 g/mol. The van der Waals surface area contributed by atoms with Crippen LogP contribution < -0.4 is 14.8 Å². The van der Waals surface area contributed by atoms with Gasteiger partial charge in [-0.2, -0.15) is 4.31 Å². The normalized spacial score (nSPS) is 11.3. The van der Waals surface area contributed by atoms with Gasteiger partial charge in [-0.1, -0.05) is 51.8 Å². The van der Waals surface area contributed by atoms with Gasteiger partial charge in [0.1, 0.15) is 0 Å². The number of nitrogens with zero attached hydrogens (tertiary/aromatic N) is 1. The third-order valence-corrected chi connectivity index (χ3v) is 7.72. The number of hydrogen-bond acceptors (Lipinski definition) is 5. The average Bonchev–Trinajstić information content (AvgIpc) is 2.83. The molecule has 0 atom stereocenters. The first-order valence-corrected chi connectivity index (χ1v) is 12.8. The van der Waals surface area contributed by atoms with Gasteiger partial charge in [0.25, 0.3) is 0 Å². The maximum absolute atomic E-state index is 13.4. The molecule has 0 saturated heterocycles. The maximum Gasteiger partial charge on any atom is 0.243 e. The third-order valence-electron chi connectivity index (χ3n) is 5.01. The first-order valence-electron chi connectivity index (χ1n) is 10.2. The van der Waals surface area contributed by atoms with E-state index in [4.69, 9.17) is 21.1 Å². The summed E-state index contributed by atoms with van der Waals surface area (Å²) in [6, 6.07) is 18.5. The summed E-state index contributed by atoms with van der Waals surface area (Å²) < 4.78 is 39.1. The van der Waals surface area contributed by atoms with Crippen LogP contribution in [0.15, 0.2) is 76.1 Å². The molecule has 0 saturated carbocycles. The summed E-state index contributed by atoms with van der Waals surface area (Å²) >= 11 is 9.57. The number of ether oxygens (including phenoxy) is 2. The van der Waals surface area contributed by atoms with E-state index in [0.717, 1.165) is 14.3 Å². The Balaban J connectivity index is 1.80. The highest BCUT2D eigenvalue weighted by molar-refractivity contribution is 9.10. The molecular formula is C24H24BrClN2O5S. The van der Waals surface area contributed by atoms with E-state index in [0.29, 0.717) is 22.1 Å². The predicted molar refractivity (Wildman–Crippen MR) is 135 cm³/mol. The zero-order valence-electron chi connectivity index (χ0n) is 18.6. The first-order chi connectivity index (χ1) is 16.2. The highest BCUT2D eigenvalue weighted by Crippen LogP contribution is 2.27. The van der Waals surface area contributed by atoms with Crippen molar-refractivity contribution in [3.63, 3.8) is 0 Å². The molecule has 0 heterocycles. The van der Waals surface area contributed by atoms with Crippen molar-refractivity contribution in [1.29, 1.82) is 0 Å². The van der Waals surface area contributed by atoms with Crippen LogP contribution in [0.5, 0.6) is 11.5 Å². The monoisotopic (exact) mass is 566 g/mol. The number of carbonyl (C=O) groups is 1. The number of carbonyl (C=O) groups excluding carboxylic acids is 1. The molecule has 0 aliphatic rings. The lowest BCUT2D eigenvalue weighted by Gasteiger charge is -2.22. The molecule has 0 radical (unpaired) electrons. The minimum atomic E-state index is -3.97. The van der Waals surface area contributed by atoms with Crippen molar-refractivity contribution in [1.82, 2.24) is 9.62 Å². The minimum absolute atomic E-state index is 0.0537. The van der Waals surface area contributed by atoms with Gasteiger partial charge in [-0.15, -0.1) is 0 Å². The van der Waals surface area contributed by atoms with Crippen molar-refractivity contribution in [3.05, 3.63) is 87.4 Å². The van der Waals surface area contributed by atoms with Crippen LogP contribution in [0.3, 0.4) is 0 Å². The van der Waals surface area contributed by atoms with E-state index >= 15 is 0 Å². The van der Waals surface area contributed by atoms with Crippen LogP contribution in [-0.2, 0) is 27.9 Å². The summed E-state index contributed by atoms with van der Waals surface area (Å²) in [5.74, 6) is 0.652. The van der Waals surface area contributed by atoms with Crippen LogP contribution in [0.4, 0.5) is 0 Å². The minimum Gasteiger partial charge on any atom is -0.493 e. The van der Waals surface area contributed by atoms with Crippen molar-refractivity contribution in [2.75, 3.05) is 20.8 Å². The van der Waals surface area contributed by atoms with Gasteiger partial charge < -0.3 is 14.8 Å². The van der Waals surface area contributed by atoms with E-state index in [-0.39, 0.29) is 24.5 Å². The third kappa shape index (κ3) is 6.50. The van der Waals surface area contributed by atoms with Crippen molar-refractivity contribution in [3.8, 4) is 11.5 Å². The van der Waals surface area contributed by atoms with E-state index in [9.17, 15) is 13.2 Å². The van der Waals surface area contributed by atoms with Crippen LogP contribution in [0.1, 0.15) is 11.1 Å². The standard InChI is InChI=1S/C24H24BrClN2O5S/c1-32-22-12-7-17(13-23(22)33-2)14-27-24(29)16-28(15-18-5-3-4-6-21(18)26)34(30,31)20-10-8-19(25)9-11-20/h3-13H,14-16H2,1-2H3,(H,27,29). The molecule has 1 N–H and O–H groups in total. The van der Waals surface area contributed by atoms with E-state index in [2.05, 4.69) is 21.2 Å². The zero-order valence-corrected chi connectivity index (χ0v) is 21.8. The summed E-state index contributed by atoms with van der Waals surface area (Å²) in [4.78, 5) is 12.9. The largest absolute Gasteiger partial charge is 0.493 e. The molecule has 3 rings (SSSR count). The lowest BCUT2D eigenvalue weighted by atomic mass is 10.2. The summed E-state index contributed by atoms with van der Waals surface area (Å²) in [5.41, 5.74) is 1.37. The van der Waals surface area contributed by atoms with Crippen LogP contribution in [0.25, 0.3) is 0 Å². The second-order valence-corrected chi connectivity index (χ2v) is 10.5. The Labute approximate surface area is 212 Å². The number of benzene rings is 3. The Kier molecular flexibility index (Phi) is 8.96. The lowest BCUT2D eigenvalue weighted by Crippen LogP contribution is -2.40. The molecule has 0 aliphatic heterocycles. The molecule has 3 aromatic rings. The maximum atomic E-state index is 13.4. The van der Waals surface area contributed by atoms with E-state index in [1.807, 2.05) is 0 Å². The Hall–Kier alpha value is -2.59. The number of halogens is 2. The van der Waals surface area contributed by atoms with Gasteiger partial charge in [-0.25, -0.2) is 8.42 Å². The molecule has 0 aliphatic carbocycles. The van der Waals surface area contributed by atoms with Gasteiger partial charge in [0.15, 0.2) is 11.5 Å². The molecule has 3 aromatic carbocycles. The zero-order chi connectivity index (χ0) is 24.7. The SMILES string of the molecule is COc1ccc(CNC(=O)CN(Cc2ccccc2Cl)S(=O)(=O)c2ccc(Br)cc2)cc1OC. The first kappa shape index (κ1) is 26.0. The summed E-state index contributed by atoms with van der Waals surface area (Å²) in [6.07, 6.45) is 0. The quantitative estimate of drug-likeness (QED) is 0.386. The topological polar surface area (TPSA) is 84.9 Å². The second-order valence-electron chi connectivity index (χ2n) is 7.28. The van der Waals surface area contributed by atoms with Gasteiger partial charge >= 0.3 is 0 Å². The molecule has 0 aromatic heterocycles. The summed E-state index contributed by atoms with van der Waals surface area (Å²) in [5, 5.41) is 3.19. The van der Waals surface area contributed by atoms with Crippen LogP contribution >= 0.6 is 27.5 Å². The predicted octanol–water partition coefficient (Wildman–Crippen LogP) is 4.63. The average molecular weight is 568 g/mol. The van der Waals surface area contributed by atoms with Crippen molar-refractivity contribution in [2.45, 2.75) is 18.0 Å². The van der Waals surface area contributed by atoms with Crippen molar-refractivity contribution >= 4 is 43.5 Å². The highest BCUT2D eigenvalue weighted by atomic mass is 79.9. The molecule has 0 bridgehead atoms. The van der Waals surface area contributed by atoms with Crippen LogP contribution in [-0.4, -0.2) is 39.4 Å². The van der Waals surface area contributed by atoms with Gasteiger partial charge in [-0.3, -0.25) is 4.79 Å². The molecule has 0 spiro atoms. The molecule has 1 amide bonds. The van der Waals surface area contributed by atoms with E-state index in [1.165, 1.54) is 19.2 Å². The number of nitrogens with one attached hydrogen (secondary N) is 1. The summed E-state index contributed by atoms with van der Waals surface area (Å²) in [6.45, 7) is -0.240. The molecule has 7 nitrogen and oxygen atoms in total. The Morgan fingerprint density at radius 3 is 2.32 bits per heavy atom. The van der Waals surface area contributed by atoms with Crippen molar-refractivity contribution in [2.24, 2.45) is 0 Å². The number of amides is 1. The highest BCUT2D eigenvalue weighted by Gasteiger charge is 2.27. The molecule has 180 valence electrons. The number of rotatable bonds is 10. The van der Waals surface area contributed by atoms with E-state index in [1.54, 1.807) is 61.7 Å². The molecule has 10 heteroatoms. The number of sulfonamides is 1. The van der Waals surface area contributed by atoms with Crippen LogP contribution in [0.2, 0.25) is 5.02 Å².